The summed E-state index contributed by atoms with van der Waals surface area (Å²) in [4.78, 5) is 0. The lowest BCUT2D eigenvalue weighted by Crippen LogP contribution is -1.96. The largest absolute Gasteiger partial charge is 0.162 e. The Bertz CT molecular complexity index is 118. The van der Waals surface area contributed by atoms with Crippen LogP contribution in [0.1, 0.15) is 46.0 Å². The third-order valence-corrected chi connectivity index (χ3v) is 3.08. The third kappa shape index (κ3) is 6.78. The molecule has 12 heavy (non-hydrogen) atoms. The van der Waals surface area contributed by atoms with Gasteiger partial charge < -0.3 is 0 Å². The van der Waals surface area contributed by atoms with Gasteiger partial charge in [-0.3, -0.25) is 0 Å². The fourth-order valence-corrected chi connectivity index (χ4v) is 1.62. The zero-order valence-electron chi connectivity index (χ0n) is 8.73. The molecule has 0 aliphatic carbocycles. The minimum Gasteiger partial charge on any atom is -0.162 e. The summed E-state index contributed by atoms with van der Waals surface area (Å²) in [6.45, 7) is 8.62. The molecule has 1 atom stereocenters. The first-order valence-corrected chi connectivity index (χ1v) is 6.19. The molecular weight excluding hydrogens is 164 g/mol. The summed E-state index contributed by atoms with van der Waals surface area (Å²) in [5, 5.41) is 0.749. The summed E-state index contributed by atoms with van der Waals surface area (Å²) in [7, 11) is 0. The monoisotopic (exact) mass is 186 g/mol. The van der Waals surface area contributed by atoms with E-state index in [1.165, 1.54) is 37.7 Å². The molecule has 0 nitrogen and oxygen atoms in total. The van der Waals surface area contributed by atoms with Crippen molar-refractivity contribution in [2.45, 2.75) is 51.2 Å². The van der Waals surface area contributed by atoms with E-state index < -0.39 is 0 Å². The molecule has 1 heteroatoms. The number of unbranched alkanes of at least 4 members (excludes halogenated alkanes) is 2. The Balaban J connectivity index is 3.33. The van der Waals surface area contributed by atoms with Crippen LogP contribution in [0, 0.1) is 0 Å². The van der Waals surface area contributed by atoms with Gasteiger partial charge in [0, 0.05) is 5.25 Å². The maximum absolute atomic E-state index is 4.10. The molecule has 0 spiro atoms. The summed E-state index contributed by atoms with van der Waals surface area (Å²) in [5.41, 5.74) is 1.44. The summed E-state index contributed by atoms with van der Waals surface area (Å²) < 4.78 is 0. The Morgan fingerprint density at radius 1 is 1.42 bits per heavy atom. The third-order valence-electron chi connectivity index (χ3n) is 2.11. The van der Waals surface area contributed by atoms with Crippen LogP contribution in [0.4, 0.5) is 0 Å². The number of thioether (sulfide) groups is 1. The molecule has 0 saturated carbocycles. The highest BCUT2D eigenvalue weighted by atomic mass is 32.2. The fraction of sp³-hybridized carbons (Fsp3) is 0.818. The van der Waals surface area contributed by atoms with Gasteiger partial charge in [-0.1, -0.05) is 38.8 Å². The predicted octanol–water partition coefficient (Wildman–Crippen LogP) is 4.26. The lowest BCUT2D eigenvalue weighted by atomic mass is 10.1. The first-order chi connectivity index (χ1) is 5.70. The first-order valence-electron chi connectivity index (χ1n) is 4.90. The van der Waals surface area contributed by atoms with Crippen LogP contribution in [-0.2, 0) is 0 Å². The minimum absolute atomic E-state index is 0.749. The second-order valence-corrected chi connectivity index (χ2v) is 4.73. The van der Waals surface area contributed by atoms with Crippen molar-refractivity contribution in [2.24, 2.45) is 0 Å². The number of rotatable bonds is 7. The molecule has 0 N–H and O–H groups in total. The molecule has 0 amide bonds. The van der Waals surface area contributed by atoms with Crippen molar-refractivity contribution in [2.75, 3.05) is 6.26 Å². The molecule has 1 unspecified atom stereocenters. The van der Waals surface area contributed by atoms with Crippen molar-refractivity contribution >= 4 is 11.8 Å². The Labute approximate surface area is 81.8 Å². The van der Waals surface area contributed by atoms with Crippen molar-refractivity contribution in [3.05, 3.63) is 12.2 Å². The van der Waals surface area contributed by atoms with Crippen LogP contribution >= 0.6 is 11.8 Å². The zero-order chi connectivity index (χ0) is 9.40. The van der Waals surface area contributed by atoms with E-state index in [9.17, 15) is 0 Å². The molecular formula is C11H22S. The molecule has 0 aromatic heterocycles. The molecule has 0 rings (SSSR count). The molecule has 0 aromatic carbocycles. The van der Waals surface area contributed by atoms with Crippen molar-refractivity contribution in [3.8, 4) is 0 Å². The SMILES string of the molecule is C=C(CCCCC)CC(C)SC. The number of hydrogen-bond donors (Lipinski definition) is 0. The van der Waals surface area contributed by atoms with E-state index in [-0.39, 0.29) is 0 Å². The highest BCUT2D eigenvalue weighted by molar-refractivity contribution is 7.99. The van der Waals surface area contributed by atoms with Crippen LogP contribution < -0.4 is 0 Å². The smallest absolute Gasteiger partial charge is 0.00530 e. The maximum Gasteiger partial charge on any atom is 0.00530 e. The second kappa shape index (κ2) is 7.72. The van der Waals surface area contributed by atoms with E-state index in [2.05, 4.69) is 26.7 Å². The topological polar surface area (TPSA) is 0 Å². The Hall–Kier alpha value is 0.0900. The van der Waals surface area contributed by atoms with Crippen molar-refractivity contribution in [3.63, 3.8) is 0 Å². The van der Waals surface area contributed by atoms with Crippen molar-refractivity contribution in [1.29, 1.82) is 0 Å². The molecule has 0 fully saturated rings. The summed E-state index contributed by atoms with van der Waals surface area (Å²) >= 11 is 1.93. The van der Waals surface area contributed by atoms with Gasteiger partial charge in [0.15, 0.2) is 0 Å². The van der Waals surface area contributed by atoms with Crippen LogP contribution in [0.25, 0.3) is 0 Å². The van der Waals surface area contributed by atoms with Crippen LogP contribution in [0.3, 0.4) is 0 Å². The minimum atomic E-state index is 0.749. The lowest BCUT2D eigenvalue weighted by Gasteiger charge is -2.09. The fourth-order valence-electron chi connectivity index (χ4n) is 1.22. The van der Waals surface area contributed by atoms with E-state index in [0.29, 0.717) is 0 Å². The molecule has 0 radical (unpaired) electrons. The summed E-state index contributed by atoms with van der Waals surface area (Å²) in [6.07, 6.45) is 8.60. The predicted molar refractivity (Wildman–Crippen MR) is 60.9 cm³/mol. The highest BCUT2D eigenvalue weighted by Gasteiger charge is 2.01. The second-order valence-electron chi connectivity index (χ2n) is 3.46. The van der Waals surface area contributed by atoms with E-state index >= 15 is 0 Å². The first kappa shape index (κ1) is 12.1. The zero-order valence-corrected chi connectivity index (χ0v) is 9.54. The quantitative estimate of drug-likeness (QED) is 0.423. The molecule has 0 aliphatic heterocycles. The van der Waals surface area contributed by atoms with Gasteiger partial charge in [0.25, 0.3) is 0 Å². The Morgan fingerprint density at radius 2 is 2.08 bits per heavy atom. The van der Waals surface area contributed by atoms with Crippen LogP contribution in [-0.4, -0.2) is 11.5 Å². The van der Waals surface area contributed by atoms with E-state index in [0.717, 1.165) is 5.25 Å². The van der Waals surface area contributed by atoms with Crippen LogP contribution in [0.2, 0.25) is 0 Å². The van der Waals surface area contributed by atoms with Gasteiger partial charge in [0.2, 0.25) is 0 Å². The Morgan fingerprint density at radius 3 is 2.58 bits per heavy atom. The average molecular weight is 186 g/mol. The van der Waals surface area contributed by atoms with Gasteiger partial charge in [-0.25, -0.2) is 0 Å². The standard InChI is InChI=1S/C11H22S/c1-5-6-7-8-10(2)9-11(3)12-4/h11H,2,5-9H2,1,3-4H3. The normalized spacial score (nSPS) is 12.9. The van der Waals surface area contributed by atoms with Crippen LogP contribution in [0.5, 0.6) is 0 Å². The number of allylic oxidation sites excluding steroid dienone is 1. The van der Waals surface area contributed by atoms with E-state index in [4.69, 9.17) is 0 Å². The number of hydrogen-bond acceptors (Lipinski definition) is 1. The lowest BCUT2D eigenvalue weighted by molar-refractivity contribution is 0.695. The average Bonchev–Trinajstić information content (AvgIpc) is 2.05. The van der Waals surface area contributed by atoms with Crippen molar-refractivity contribution in [1.82, 2.24) is 0 Å². The van der Waals surface area contributed by atoms with Crippen molar-refractivity contribution < 1.29 is 0 Å². The maximum atomic E-state index is 4.10. The molecule has 72 valence electrons. The molecule has 0 aromatic rings. The van der Waals surface area contributed by atoms with E-state index in [1.807, 2.05) is 11.8 Å². The molecule has 0 aliphatic rings. The highest BCUT2D eigenvalue weighted by Crippen LogP contribution is 2.18. The van der Waals surface area contributed by atoms with Gasteiger partial charge in [-0.05, 0) is 25.5 Å². The molecule has 0 heterocycles. The van der Waals surface area contributed by atoms with Gasteiger partial charge in [0.1, 0.15) is 0 Å². The van der Waals surface area contributed by atoms with Gasteiger partial charge >= 0.3 is 0 Å². The molecule has 0 bridgehead atoms. The van der Waals surface area contributed by atoms with E-state index in [1.54, 1.807) is 0 Å². The van der Waals surface area contributed by atoms with Gasteiger partial charge in [0.05, 0.1) is 0 Å². The summed E-state index contributed by atoms with van der Waals surface area (Å²) in [5.74, 6) is 0. The summed E-state index contributed by atoms with van der Waals surface area (Å²) in [6, 6.07) is 0. The molecule has 0 saturated heterocycles. The van der Waals surface area contributed by atoms with Gasteiger partial charge in [-0.2, -0.15) is 11.8 Å². The van der Waals surface area contributed by atoms with Gasteiger partial charge in [-0.15, -0.1) is 0 Å². The Kier molecular flexibility index (Phi) is 7.78. The van der Waals surface area contributed by atoms with Crippen LogP contribution in [0.15, 0.2) is 12.2 Å².